The molecular formula is C23H29NO7. The second-order valence-electron chi connectivity index (χ2n) is 7.27. The van der Waals surface area contributed by atoms with Gasteiger partial charge >= 0.3 is 11.9 Å². The first kappa shape index (κ1) is 23.0. The Morgan fingerprint density at radius 2 is 1.84 bits per heavy atom. The van der Waals surface area contributed by atoms with E-state index in [1.807, 2.05) is 0 Å². The van der Waals surface area contributed by atoms with Crippen molar-refractivity contribution in [1.82, 2.24) is 4.98 Å². The van der Waals surface area contributed by atoms with Crippen molar-refractivity contribution >= 4 is 11.9 Å². The Bertz CT molecular complexity index is 928. The first-order chi connectivity index (χ1) is 14.9. The molecule has 3 rings (SSSR count). The quantitative estimate of drug-likeness (QED) is 0.569. The van der Waals surface area contributed by atoms with Crippen LogP contribution in [0, 0.1) is 13.8 Å². The van der Waals surface area contributed by atoms with Gasteiger partial charge in [-0.2, -0.15) is 0 Å². The summed E-state index contributed by atoms with van der Waals surface area (Å²) < 4.78 is 27.6. The number of hydrogen-bond acceptors (Lipinski definition) is 8. The van der Waals surface area contributed by atoms with Crippen LogP contribution in [0.4, 0.5) is 0 Å². The van der Waals surface area contributed by atoms with Crippen molar-refractivity contribution in [2.45, 2.75) is 59.9 Å². The Labute approximate surface area is 181 Å². The lowest BCUT2D eigenvalue weighted by Crippen LogP contribution is -2.22. The molecule has 0 amide bonds. The second kappa shape index (κ2) is 10.5. The van der Waals surface area contributed by atoms with Crippen molar-refractivity contribution < 1.29 is 33.0 Å². The van der Waals surface area contributed by atoms with E-state index in [9.17, 15) is 9.59 Å². The van der Waals surface area contributed by atoms with E-state index in [-0.39, 0.29) is 31.8 Å². The molecule has 8 nitrogen and oxygen atoms in total. The van der Waals surface area contributed by atoms with Crippen molar-refractivity contribution in [2.75, 3.05) is 19.8 Å². The van der Waals surface area contributed by atoms with E-state index in [0.29, 0.717) is 40.5 Å². The summed E-state index contributed by atoms with van der Waals surface area (Å²) in [6, 6.07) is 3.38. The predicted octanol–water partition coefficient (Wildman–Crippen LogP) is 4.36. The fourth-order valence-corrected chi connectivity index (χ4v) is 3.56. The fourth-order valence-electron chi connectivity index (χ4n) is 3.56. The van der Waals surface area contributed by atoms with Gasteiger partial charge in [-0.15, -0.1) is 0 Å². The summed E-state index contributed by atoms with van der Waals surface area (Å²) in [4.78, 5) is 29.1. The number of carbonyl (C=O) groups is 2. The van der Waals surface area contributed by atoms with Crippen LogP contribution in [0.3, 0.4) is 0 Å². The summed E-state index contributed by atoms with van der Waals surface area (Å²) in [7, 11) is 0. The van der Waals surface area contributed by atoms with Crippen LogP contribution in [0.2, 0.25) is 0 Å². The van der Waals surface area contributed by atoms with Gasteiger partial charge in [-0.25, -0.2) is 14.6 Å². The minimum Gasteiger partial charge on any atom is -0.462 e. The number of hydrogen-bond donors (Lipinski definition) is 0. The highest BCUT2D eigenvalue weighted by atomic mass is 16.7. The largest absolute Gasteiger partial charge is 0.462 e. The minimum atomic E-state index is -0.536. The average molecular weight is 431 g/mol. The Morgan fingerprint density at radius 1 is 1.10 bits per heavy atom. The van der Waals surface area contributed by atoms with Crippen LogP contribution in [0.1, 0.15) is 71.0 Å². The zero-order valence-corrected chi connectivity index (χ0v) is 18.5. The normalized spacial score (nSPS) is 16.2. The lowest BCUT2D eigenvalue weighted by atomic mass is 10.0. The molecule has 1 unspecified atom stereocenters. The molecule has 0 saturated carbocycles. The highest BCUT2D eigenvalue weighted by Crippen LogP contribution is 2.32. The highest BCUT2D eigenvalue weighted by Gasteiger charge is 2.24. The molecule has 1 fully saturated rings. The molecule has 0 bridgehead atoms. The molecule has 0 spiro atoms. The number of aromatic nitrogens is 1. The minimum absolute atomic E-state index is 0.147. The number of carbonyl (C=O) groups excluding carboxylic acids is 2. The van der Waals surface area contributed by atoms with Gasteiger partial charge in [0.05, 0.1) is 25.5 Å². The smallest absolute Gasteiger partial charge is 0.356 e. The van der Waals surface area contributed by atoms with E-state index >= 15 is 0 Å². The molecule has 168 valence electrons. The Balaban J connectivity index is 1.95. The number of aryl methyl sites for hydroxylation is 1. The maximum Gasteiger partial charge on any atom is 0.356 e. The predicted molar refractivity (Wildman–Crippen MR) is 112 cm³/mol. The van der Waals surface area contributed by atoms with Crippen molar-refractivity contribution in [1.29, 1.82) is 0 Å². The number of esters is 2. The molecule has 3 heterocycles. The van der Waals surface area contributed by atoms with Gasteiger partial charge in [0.15, 0.2) is 6.29 Å². The van der Waals surface area contributed by atoms with E-state index < -0.39 is 11.9 Å². The molecule has 1 atom stereocenters. The third kappa shape index (κ3) is 5.51. The Kier molecular flexibility index (Phi) is 7.81. The SMILES string of the molecule is CCOC(=O)c1cc(-c2oc(C)c(C(=O)OCC)c2C)cc(COC2CCCCO2)n1. The van der Waals surface area contributed by atoms with Crippen LogP contribution < -0.4 is 0 Å². The zero-order valence-electron chi connectivity index (χ0n) is 18.5. The van der Waals surface area contributed by atoms with E-state index in [2.05, 4.69) is 4.98 Å². The zero-order chi connectivity index (χ0) is 22.4. The van der Waals surface area contributed by atoms with Crippen molar-refractivity contribution in [3.05, 3.63) is 40.4 Å². The van der Waals surface area contributed by atoms with Gasteiger partial charge < -0.3 is 23.4 Å². The second-order valence-corrected chi connectivity index (χ2v) is 7.27. The summed E-state index contributed by atoms with van der Waals surface area (Å²) in [5, 5.41) is 0. The van der Waals surface area contributed by atoms with Gasteiger partial charge in [-0.3, -0.25) is 0 Å². The van der Waals surface area contributed by atoms with Crippen LogP contribution in [-0.2, 0) is 25.6 Å². The number of rotatable bonds is 8. The van der Waals surface area contributed by atoms with Gasteiger partial charge in [0, 0.05) is 17.7 Å². The molecule has 0 aliphatic carbocycles. The molecule has 8 heteroatoms. The fraction of sp³-hybridized carbons (Fsp3) is 0.522. The summed E-state index contributed by atoms with van der Waals surface area (Å²) in [6.07, 6.45) is 2.62. The number of pyridine rings is 1. The van der Waals surface area contributed by atoms with Crippen LogP contribution in [0.15, 0.2) is 16.5 Å². The first-order valence-corrected chi connectivity index (χ1v) is 10.6. The maximum atomic E-state index is 12.4. The van der Waals surface area contributed by atoms with Crippen LogP contribution in [0.25, 0.3) is 11.3 Å². The highest BCUT2D eigenvalue weighted by molar-refractivity contribution is 5.94. The van der Waals surface area contributed by atoms with Gasteiger partial charge in [0.25, 0.3) is 0 Å². The van der Waals surface area contributed by atoms with E-state index in [4.69, 9.17) is 23.4 Å². The number of ether oxygens (including phenoxy) is 4. The van der Waals surface area contributed by atoms with E-state index in [0.717, 1.165) is 19.3 Å². The third-order valence-corrected chi connectivity index (χ3v) is 4.98. The summed E-state index contributed by atoms with van der Waals surface area (Å²) in [5.74, 6) is -0.0474. The van der Waals surface area contributed by atoms with Crippen molar-refractivity contribution in [3.63, 3.8) is 0 Å². The van der Waals surface area contributed by atoms with Gasteiger partial charge in [0.1, 0.15) is 22.8 Å². The van der Waals surface area contributed by atoms with Crippen LogP contribution in [0.5, 0.6) is 0 Å². The molecule has 1 aliphatic heterocycles. The summed E-state index contributed by atoms with van der Waals surface area (Å²) in [6.45, 7) is 8.33. The van der Waals surface area contributed by atoms with E-state index in [1.165, 1.54) is 0 Å². The summed E-state index contributed by atoms with van der Waals surface area (Å²) in [5.41, 5.74) is 2.33. The lowest BCUT2D eigenvalue weighted by molar-refractivity contribution is -0.169. The van der Waals surface area contributed by atoms with Gasteiger partial charge in [-0.05, 0) is 59.1 Å². The van der Waals surface area contributed by atoms with E-state index in [1.54, 1.807) is 39.8 Å². The molecule has 0 N–H and O–H groups in total. The van der Waals surface area contributed by atoms with Crippen molar-refractivity contribution in [2.24, 2.45) is 0 Å². The van der Waals surface area contributed by atoms with Gasteiger partial charge in [0.2, 0.25) is 0 Å². The lowest BCUT2D eigenvalue weighted by Gasteiger charge is -2.22. The van der Waals surface area contributed by atoms with Gasteiger partial charge in [-0.1, -0.05) is 0 Å². The standard InChI is InChI=1S/C23H29NO7/c1-5-27-22(25)18-12-16(11-17(24-18)13-30-19-9-7-8-10-29-19)21-14(3)20(15(4)31-21)23(26)28-6-2/h11-12,19H,5-10,13H2,1-4H3. The Morgan fingerprint density at radius 3 is 2.52 bits per heavy atom. The van der Waals surface area contributed by atoms with Crippen LogP contribution in [-0.4, -0.2) is 43.0 Å². The topological polar surface area (TPSA) is 97.1 Å². The molecular weight excluding hydrogens is 402 g/mol. The van der Waals surface area contributed by atoms with Crippen molar-refractivity contribution in [3.8, 4) is 11.3 Å². The average Bonchev–Trinajstić information content (AvgIpc) is 3.07. The molecule has 0 radical (unpaired) electrons. The molecule has 0 aromatic carbocycles. The maximum absolute atomic E-state index is 12.4. The summed E-state index contributed by atoms with van der Waals surface area (Å²) >= 11 is 0. The molecule has 1 saturated heterocycles. The molecule has 1 aliphatic rings. The Hall–Kier alpha value is -2.71. The first-order valence-electron chi connectivity index (χ1n) is 10.6. The molecule has 2 aromatic rings. The molecule has 31 heavy (non-hydrogen) atoms. The number of furan rings is 1. The molecule has 2 aromatic heterocycles. The third-order valence-electron chi connectivity index (χ3n) is 4.98. The van der Waals surface area contributed by atoms with Crippen LogP contribution >= 0.6 is 0 Å². The monoisotopic (exact) mass is 431 g/mol. The number of nitrogens with zero attached hydrogens (tertiary/aromatic N) is 1.